The van der Waals surface area contributed by atoms with Crippen LogP contribution in [-0.4, -0.2) is 59.1 Å². The third kappa shape index (κ3) is 7.06. The summed E-state index contributed by atoms with van der Waals surface area (Å²) in [4.78, 5) is 47.8. The van der Waals surface area contributed by atoms with Crippen LogP contribution < -0.4 is 14.2 Å². The number of hydrogen-bond acceptors (Lipinski definition) is 10. The van der Waals surface area contributed by atoms with E-state index in [1.54, 1.807) is 6.07 Å². The number of phenols is 1. The molecule has 2 atom stereocenters. The van der Waals surface area contributed by atoms with Gasteiger partial charge in [0.1, 0.15) is 0 Å². The van der Waals surface area contributed by atoms with Crippen LogP contribution in [0.4, 0.5) is 4.39 Å². The van der Waals surface area contributed by atoms with Crippen molar-refractivity contribution in [1.29, 1.82) is 0 Å². The average Bonchev–Trinajstić information content (AvgIpc) is 3.60. The summed E-state index contributed by atoms with van der Waals surface area (Å²) in [5.74, 6) is -5.68. The number of methoxy groups -OCH3 is 1. The van der Waals surface area contributed by atoms with E-state index in [9.17, 15) is 24.3 Å². The van der Waals surface area contributed by atoms with Gasteiger partial charge in [-0.3, -0.25) is 19.2 Å². The first kappa shape index (κ1) is 33.0. The van der Waals surface area contributed by atoms with Gasteiger partial charge in [0.05, 0.1) is 46.9 Å². The first-order valence-corrected chi connectivity index (χ1v) is 15.4. The zero-order valence-corrected chi connectivity index (χ0v) is 26.2. The van der Waals surface area contributed by atoms with Gasteiger partial charge in [0.15, 0.2) is 40.4 Å². The first-order chi connectivity index (χ1) is 20.8. The number of thiophene rings is 2. The van der Waals surface area contributed by atoms with E-state index in [0.717, 1.165) is 22.7 Å². The minimum absolute atomic E-state index is 0.00673. The minimum atomic E-state index is -1.10. The van der Waals surface area contributed by atoms with Gasteiger partial charge < -0.3 is 29.5 Å². The van der Waals surface area contributed by atoms with E-state index >= 15 is 4.39 Å². The second-order valence-electron chi connectivity index (χ2n) is 10.1. The number of benzene rings is 2. The van der Waals surface area contributed by atoms with Crippen LogP contribution in [0.1, 0.15) is 52.5 Å². The van der Waals surface area contributed by atoms with E-state index < -0.39 is 35.4 Å². The van der Waals surface area contributed by atoms with Crippen LogP contribution in [0.2, 0.25) is 5.02 Å². The van der Waals surface area contributed by atoms with Gasteiger partial charge in [-0.05, 0) is 12.1 Å². The second kappa shape index (κ2) is 13.8. The topological polar surface area (TPSA) is 157 Å². The van der Waals surface area contributed by atoms with E-state index in [1.165, 1.54) is 39.2 Å². The van der Waals surface area contributed by atoms with Crippen LogP contribution in [0.5, 0.6) is 23.0 Å². The number of ether oxygens (including phenoxy) is 3. The van der Waals surface area contributed by atoms with Crippen molar-refractivity contribution in [3.63, 3.8) is 0 Å². The number of aliphatic carboxylic acids is 2. The predicted octanol–water partition coefficient (Wildman–Crippen LogP) is 7.06. The smallest absolute Gasteiger partial charge is 0.306 e. The Morgan fingerprint density at radius 2 is 1.34 bits per heavy atom. The van der Waals surface area contributed by atoms with Crippen LogP contribution >= 0.6 is 34.3 Å². The molecule has 0 amide bonds. The van der Waals surface area contributed by atoms with Crippen LogP contribution in [-0.2, 0) is 9.59 Å². The van der Waals surface area contributed by atoms with Gasteiger partial charge in [-0.2, -0.15) is 0 Å². The number of carbonyl (C=O) groups is 4. The Kier molecular flexibility index (Phi) is 10.3. The molecule has 2 aromatic carbocycles. The lowest BCUT2D eigenvalue weighted by atomic mass is 10.0. The van der Waals surface area contributed by atoms with Crippen molar-refractivity contribution < 1.29 is 53.1 Å². The maximum atomic E-state index is 15.4. The Bertz CT molecular complexity index is 1760. The van der Waals surface area contributed by atoms with Crippen LogP contribution in [0.25, 0.3) is 20.2 Å². The summed E-state index contributed by atoms with van der Waals surface area (Å²) in [6.45, 7) is 2.88. The molecule has 14 heteroatoms. The monoisotopic (exact) mass is 666 g/mol. The van der Waals surface area contributed by atoms with E-state index in [0.29, 0.717) is 19.7 Å². The van der Waals surface area contributed by atoms with E-state index in [2.05, 4.69) is 0 Å². The summed E-state index contributed by atoms with van der Waals surface area (Å²) in [6.07, 6.45) is -0.144. The molecule has 0 saturated heterocycles. The summed E-state index contributed by atoms with van der Waals surface area (Å²) in [6, 6.07) is 5.86. The number of phenolic OH excluding ortho intramolecular Hbond substituents is 1. The lowest BCUT2D eigenvalue weighted by molar-refractivity contribution is -0.141. The minimum Gasteiger partial charge on any atom is -0.504 e. The number of carboxylic acid groups (broad SMARTS) is 2. The molecule has 4 aromatic rings. The molecule has 0 bridgehead atoms. The molecule has 2 unspecified atom stereocenters. The average molecular weight is 667 g/mol. The third-order valence-corrected chi connectivity index (χ3v) is 9.38. The maximum Gasteiger partial charge on any atom is 0.306 e. The molecule has 234 valence electrons. The summed E-state index contributed by atoms with van der Waals surface area (Å²) < 4.78 is 33.1. The SMILES string of the molecule is COc1cc2sc(C(=O)CC(C)C(=O)O)cc2c(F)c1OCCCOc1c(O)cc2sc(C(=O)CC(C)C(=O)O)cc2c1Cl. The molecule has 0 spiro atoms. The van der Waals surface area contributed by atoms with Crippen molar-refractivity contribution in [2.75, 3.05) is 20.3 Å². The van der Waals surface area contributed by atoms with Gasteiger partial charge in [-0.1, -0.05) is 25.4 Å². The highest BCUT2D eigenvalue weighted by molar-refractivity contribution is 7.21. The molecule has 0 fully saturated rings. The largest absolute Gasteiger partial charge is 0.504 e. The zero-order chi connectivity index (χ0) is 32.3. The van der Waals surface area contributed by atoms with Crippen molar-refractivity contribution in [3.8, 4) is 23.0 Å². The summed E-state index contributed by atoms with van der Waals surface area (Å²) in [7, 11) is 1.35. The number of Topliss-reactive ketones (excluding diaryl/α,β-unsaturated/α-hetero) is 2. The van der Waals surface area contributed by atoms with Gasteiger partial charge in [0.2, 0.25) is 0 Å². The molecular weight excluding hydrogens is 639 g/mol. The molecule has 3 N–H and O–H groups in total. The molecule has 0 aliphatic carbocycles. The number of aromatic hydroxyl groups is 1. The van der Waals surface area contributed by atoms with E-state index in [4.69, 9.17) is 36.0 Å². The Balaban J connectivity index is 1.42. The van der Waals surface area contributed by atoms with Gasteiger partial charge in [0, 0.05) is 51.6 Å². The number of carbonyl (C=O) groups excluding carboxylic acids is 2. The van der Waals surface area contributed by atoms with E-state index in [1.807, 2.05) is 0 Å². The number of halogens is 2. The van der Waals surface area contributed by atoms with Crippen LogP contribution in [0.3, 0.4) is 0 Å². The fourth-order valence-corrected chi connectivity index (χ4v) is 6.70. The Labute approximate surface area is 263 Å². The fraction of sp³-hybridized carbons (Fsp3) is 0.333. The van der Waals surface area contributed by atoms with Gasteiger partial charge in [-0.25, -0.2) is 4.39 Å². The number of rotatable bonds is 15. The normalized spacial score (nSPS) is 12.7. The fourth-order valence-electron chi connectivity index (χ4n) is 4.24. The van der Waals surface area contributed by atoms with Crippen molar-refractivity contribution in [1.82, 2.24) is 0 Å². The van der Waals surface area contributed by atoms with Gasteiger partial charge >= 0.3 is 11.9 Å². The highest BCUT2D eigenvalue weighted by Crippen LogP contribution is 2.44. The Hall–Kier alpha value is -3.94. The van der Waals surface area contributed by atoms with Gasteiger partial charge in [0.25, 0.3) is 0 Å². The molecule has 0 radical (unpaired) electrons. The molecule has 2 aromatic heterocycles. The standard InChI is InChI=1S/C30H28ClFO10S2/c1-13(29(36)37)7-17(33)23-9-15-21(43-23)11-19(35)27(25(15)31)41-5-4-6-42-28-20(40-3)12-22-16(26(28)32)10-24(44-22)18(34)8-14(2)30(38)39/h9-14,35H,4-8H2,1-3H3,(H,36,37)(H,38,39). The number of hydrogen-bond donors (Lipinski definition) is 3. The molecule has 2 heterocycles. The molecule has 0 aliphatic heterocycles. The molecular formula is C30H28ClFO10S2. The first-order valence-electron chi connectivity index (χ1n) is 13.3. The molecule has 4 rings (SSSR count). The lowest BCUT2D eigenvalue weighted by Crippen LogP contribution is -2.13. The lowest BCUT2D eigenvalue weighted by Gasteiger charge is -2.13. The second-order valence-corrected chi connectivity index (χ2v) is 12.6. The highest BCUT2D eigenvalue weighted by atomic mass is 35.5. The van der Waals surface area contributed by atoms with Crippen molar-refractivity contribution >= 4 is 78.0 Å². The summed E-state index contributed by atoms with van der Waals surface area (Å²) >= 11 is 8.60. The maximum absolute atomic E-state index is 15.4. The molecule has 0 saturated carbocycles. The van der Waals surface area contributed by atoms with Gasteiger partial charge in [-0.15, -0.1) is 22.7 Å². The predicted molar refractivity (Wildman–Crippen MR) is 164 cm³/mol. The molecule has 10 nitrogen and oxygen atoms in total. The number of fused-ring (bicyclic) bond motifs is 2. The molecule has 44 heavy (non-hydrogen) atoms. The van der Waals surface area contributed by atoms with Crippen LogP contribution in [0, 0.1) is 17.7 Å². The van der Waals surface area contributed by atoms with Crippen LogP contribution in [0.15, 0.2) is 24.3 Å². The summed E-state index contributed by atoms with van der Waals surface area (Å²) in [5, 5.41) is 29.4. The zero-order valence-electron chi connectivity index (χ0n) is 23.8. The highest BCUT2D eigenvalue weighted by Gasteiger charge is 2.24. The number of carboxylic acids is 2. The van der Waals surface area contributed by atoms with E-state index in [-0.39, 0.29) is 76.5 Å². The Morgan fingerprint density at radius 3 is 1.86 bits per heavy atom. The third-order valence-electron chi connectivity index (χ3n) is 6.76. The number of ketones is 2. The summed E-state index contributed by atoms with van der Waals surface area (Å²) in [5.41, 5.74) is 0. The quantitative estimate of drug-likeness (QED) is 0.0886. The van der Waals surface area contributed by atoms with Crippen molar-refractivity contribution in [3.05, 3.63) is 44.9 Å². The van der Waals surface area contributed by atoms with Crippen molar-refractivity contribution in [2.45, 2.75) is 33.1 Å². The Morgan fingerprint density at radius 1 is 0.841 bits per heavy atom. The van der Waals surface area contributed by atoms with Crippen molar-refractivity contribution in [2.24, 2.45) is 11.8 Å². The molecule has 0 aliphatic rings.